The maximum Gasteiger partial charge on any atom is 0.225 e. The second kappa shape index (κ2) is 7.49. The third-order valence-corrected chi connectivity index (χ3v) is 4.56. The molecule has 2 aromatic rings. The molecule has 1 aromatic heterocycles. The van der Waals surface area contributed by atoms with Crippen molar-refractivity contribution in [3.63, 3.8) is 0 Å². The van der Waals surface area contributed by atoms with Crippen LogP contribution < -0.4 is 5.32 Å². The Labute approximate surface area is 134 Å². The molecule has 0 bridgehead atoms. The molecule has 1 amide bonds. The molecule has 0 spiro atoms. The molecule has 0 fully saturated rings. The minimum absolute atomic E-state index is 0.0145. The molecule has 0 atom stereocenters. The largest absolute Gasteiger partial charge is 0.353 e. The van der Waals surface area contributed by atoms with Gasteiger partial charge in [-0.05, 0) is 44.0 Å². The van der Waals surface area contributed by atoms with Crippen LogP contribution in [0.2, 0.25) is 0 Å². The van der Waals surface area contributed by atoms with Gasteiger partial charge in [0.2, 0.25) is 5.91 Å². The van der Waals surface area contributed by atoms with Crippen LogP contribution >= 0.6 is 11.3 Å². The molecule has 0 saturated carbocycles. The van der Waals surface area contributed by atoms with Crippen LogP contribution in [0.5, 0.6) is 0 Å². The topological polar surface area (TPSA) is 42.0 Å². The second-order valence-corrected chi connectivity index (χ2v) is 6.56. The fraction of sp³-hybridized carbons (Fsp3) is 0.412. The van der Waals surface area contributed by atoms with E-state index in [0.29, 0.717) is 6.42 Å². The number of carbonyl (C=O) groups is 1. The lowest BCUT2D eigenvalue weighted by Gasteiger charge is -2.14. The third kappa shape index (κ3) is 4.13. The number of thiazole rings is 1. The molecule has 0 aliphatic rings. The summed E-state index contributed by atoms with van der Waals surface area (Å²) >= 11 is 1.52. The lowest BCUT2D eigenvalue weighted by atomic mass is 10.1. The Morgan fingerprint density at radius 2 is 1.91 bits per heavy atom. The van der Waals surface area contributed by atoms with Crippen molar-refractivity contribution < 1.29 is 9.18 Å². The monoisotopic (exact) mass is 320 g/mol. The molecular weight excluding hydrogens is 299 g/mol. The van der Waals surface area contributed by atoms with Crippen LogP contribution in [0.15, 0.2) is 24.3 Å². The summed E-state index contributed by atoms with van der Waals surface area (Å²) in [7, 11) is 0. The number of carbonyl (C=O) groups excluding carboxylic acids is 1. The van der Waals surface area contributed by atoms with E-state index in [1.165, 1.54) is 23.5 Å². The molecule has 22 heavy (non-hydrogen) atoms. The summed E-state index contributed by atoms with van der Waals surface area (Å²) in [6.07, 6.45) is 2.16. The van der Waals surface area contributed by atoms with Gasteiger partial charge in [-0.1, -0.05) is 13.8 Å². The third-order valence-electron chi connectivity index (χ3n) is 3.59. The van der Waals surface area contributed by atoms with Crippen molar-refractivity contribution in [3.8, 4) is 11.3 Å². The van der Waals surface area contributed by atoms with Crippen LogP contribution in [-0.4, -0.2) is 16.9 Å². The Bertz CT molecular complexity index is 633. The van der Waals surface area contributed by atoms with Crippen LogP contribution in [0.25, 0.3) is 11.3 Å². The van der Waals surface area contributed by atoms with Crippen molar-refractivity contribution >= 4 is 17.2 Å². The normalized spacial score (nSPS) is 11.0. The predicted molar refractivity (Wildman–Crippen MR) is 88.5 cm³/mol. The Kier molecular flexibility index (Phi) is 5.66. The van der Waals surface area contributed by atoms with Crippen molar-refractivity contribution in [1.82, 2.24) is 10.3 Å². The maximum absolute atomic E-state index is 13.1. The highest BCUT2D eigenvalue weighted by Gasteiger charge is 2.16. The van der Waals surface area contributed by atoms with Crippen molar-refractivity contribution in [2.24, 2.45) is 0 Å². The molecule has 1 N–H and O–H groups in total. The van der Waals surface area contributed by atoms with E-state index in [-0.39, 0.29) is 17.8 Å². The summed E-state index contributed by atoms with van der Waals surface area (Å²) in [5.41, 5.74) is 1.62. The summed E-state index contributed by atoms with van der Waals surface area (Å²) in [6, 6.07) is 6.45. The smallest absolute Gasteiger partial charge is 0.225 e. The number of amides is 1. The van der Waals surface area contributed by atoms with Gasteiger partial charge >= 0.3 is 0 Å². The maximum atomic E-state index is 13.1. The molecule has 0 unspecified atom stereocenters. The van der Waals surface area contributed by atoms with Crippen molar-refractivity contribution in [1.29, 1.82) is 0 Å². The summed E-state index contributed by atoms with van der Waals surface area (Å²) < 4.78 is 13.1. The molecule has 0 aliphatic heterocycles. The van der Waals surface area contributed by atoms with Gasteiger partial charge in [0.1, 0.15) is 5.82 Å². The predicted octanol–water partition coefficient (Wildman–Crippen LogP) is 4.10. The lowest BCUT2D eigenvalue weighted by Crippen LogP contribution is -2.34. The quantitative estimate of drug-likeness (QED) is 0.870. The zero-order valence-electron chi connectivity index (χ0n) is 13.1. The minimum atomic E-state index is -0.274. The van der Waals surface area contributed by atoms with Gasteiger partial charge in [-0.2, -0.15) is 0 Å². The molecule has 1 heterocycles. The Morgan fingerprint density at radius 1 is 1.27 bits per heavy atom. The second-order valence-electron chi connectivity index (χ2n) is 5.27. The minimum Gasteiger partial charge on any atom is -0.353 e. The molecular formula is C17H21FN2OS. The summed E-state index contributed by atoms with van der Waals surface area (Å²) in [6.45, 7) is 6.05. The van der Waals surface area contributed by atoms with Crippen LogP contribution in [-0.2, 0) is 11.2 Å². The Balaban J connectivity index is 2.18. The van der Waals surface area contributed by atoms with E-state index >= 15 is 0 Å². The summed E-state index contributed by atoms with van der Waals surface area (Å²) in [4.78, 5) is 17.6. The summed E-state index contributed by atoms with van der Waals surface area (Å²) in [5.74, 6) is -0.260. The van der Waals surface area contributed by atoms with Crippen LogP contribution in [0.4, 0.5) is 4.39 Å². The molecule has 0 aliphatic carbocycles. The highest BCUT2D eigenvalue weighted by atomic mass is 32.1. The van der Waals surface area contributed by atoms with Crippen molar-refractivity contribution in [3.05, 3.63) is 40.0 Å². The van der Waals surface area contributed by atoms with E-state index in [9.17, 15) is 9.18 Å². The summed E-state index contributed by atoms with van der Waals surface area (Å²) in [5, 5.41) is 3.95. The number of aryl methyl sites for hydroxylation is 1. The number of benzene rings is 1. The number of nitrogens with zero attached hydrogens (tertiary/aromatic N) is 1. The van der Waals surface area contributed by atoms with Gasteiger partial charge in [0.05, 0.1) is 17.1 Å². The van der Waals surface area contributed by atoms with Gasteiger partial charge in [-0.25, -0.2) is 9.37 Å². The molecule has 1 aromatic carbocycles. The number of nitrogens with one attached hydrogen (secondary N) is 1. The number of halogens is 1. The van der Waals surface area contributed by atoms with Gasteiger partial charge < -0.3 is 5.32 Å². The SMILES string of the molecule is CCC(CC)NC(=O)Cc1sc(C)nc1-c1ccc(F)cc1. The standard InChI is InChI=1S/C17H21FN2OS/c1-4-14(5-2)20-16(21)10-15-17(19-11(3)22-15)12-6-8-13(18)9-7-12/h6-9,14H,4-5,10H2,1-3H3,(H,20,21). The van der Waals surface area contributed by atoms with Crippen LogP contribution in [0, 0.1) is 12.7 Å². The highest BCUT2D eigenvalue weighted by molar-refractivity contribution is 7.12. The first-order chi connectivity index (χ1) is 10.5. The average Bonchev–Trinajstić information content (AvgIpc) is 2.86. The fourth-order valence-electron chi connectivity index (χ4n) is 2.34. The first-order valence-corrected chi connectivity index (χ1v) is 8.36. The van der Waals surface area contributed by atoms with E-state index in [1.807, 2.05) is 6.92 Å². The molecule has 118 valence electrons. The van der Waals surface area contributed by atoms with Crippen LogP contribution in [0.3, 0.4) is 0 Å². The first-order valence-electron chi connectivity index (χ1n) is 7.55. The molecule has 2 rings (SSSR count). The van der Waals surface area contributed by atoms with Crippen LogP contribution in [0.1, 0.15) is 36.6 Å². The Hall–Kier alpha value is -1.75. The number of hydrogen-bond acceptors (Lipinski definition) is 3. The first kappa shape index (κ1) is 16.6. The van der Waals surface area contributed by atoms with E-state index < -0.39 is 0 Å². The zero-order valence-corrected chi connectivity index (χ0v) is 14.0. The lowest BCUT2D eigenvalue weighted by molar-refractivity contribution is -0.121. The average molecular weight is 320 g/mol. The number of aromatic nitrogens is 1. The molecule has 3 nitrogen and oxygen atoms in total. The van der Waals surface area contributed by atoms with Gasteiger partial charge in [0.15, 0.2) is 0 Å². The van der Waals surface area contributed by atoms with Crippen molar-refractivity contribution in [2.75, 3.05) is 0 Å². The van der Waals surface area contributed by atoms with Gasteiger partial charge in [0.25, 0.3) is 0 Å². The Morgan fingerprint density at radius 3 is 2.50 bits per heavy atom. The van der Waals surface area contributed by atoms with E-state index in [0.717, 1.165) is 34.0 Å². The molecule has 5 heteroatoms. The van der Waals surface area contributed by atoms with Gasteiger partial charge in [-0.15, -0.1) is 11.3 Å². The molecule has 0 radical (unpaired) electrons. The molecule has 0 saturated heterocycles. The zero-order chi connectivity index (χ0) is 16.1. The van der Waals surface area contributed by atoms with Crippen molar-refractivity contribution in [2.45, 2.75) is 46.1 Å². The number of rotatable bonds is 6. The van der Waals surface area contributed by atoms with Gasteiger partial charge in [0, 0.05) is 16.5 Å². The number of hydrogen-bond donors (Lipinski definition) is 1. The van der Waals surface area contributed by atoms with Gasteiger partial charge in [-0.3, -0.25) is 4.79 Å². The van der Waals surface area contributed by atoms with E-state index in [1.54, 1.807) is 12.1 Å². The van der Waals surface area contributed by atoms with E-state index in [4.69, 9.17) is 0 Å². The fourth-order valence-corrected chi connectivity index (χ4v) is 3.30. The van der Waals surface area contributed by atoms with E-state index in [2.05, 4.69) is 24.1 Å². The highest BCUT2D eigenvalue weighted by Crippen LogP contribution is 2.28.